The molecule has 1 unspecified atom stereocenters. The SMILES string of the molecule is C=CC(NN)c1ccc(F)cc1. The fourth-order valence-electron chi connectivity index (χ4n) is 0.970. The standard InChI is InChI=1S/C9H11FN2/c1-2-9(12-11)7-3-5-8(10)6-4-7/h2-6,9,12H,1,11H2. The molecule has 0 aliphatic heterocycles. The van der Waals surface area contributed by atoms with Gasteiger partial charge in [0.1, 0.15) is 5.82 Å². The van der Waals surface area contributed by atoms with E-state index in [2.05, 4.69) is 12.0 Å². The summed E-state index contributed by atoms with van der Waals surface area (Å²) in [6.07, 6.45) is 1.66. The van der Waals surface area contributed by atoms with Gasteiger partial charge in [-0.2, -0.15) is 0 Å². The number of nitrogens with one attached hydrogen (secondary N) is 1. The molecule has 1 aromatic rings. The fraction of sp³-hybridized carbons (Fsp3) is 0.111. The molecule has 0 aliphatic rings. The van der Waals surface area contributed by atoms with E-state index in [-0.39, 0.29) is 11.9 Å². The summed E-state index contributed by atoms with van der Waals surface area (Å²) in [4.78, 5) is 0. The van der Waals surface area contributed by atoms with Gasteiger partial charge in [0.2, 0.25) is 0 Å². The molecule has 0 amide bonds. The van der Waals surface area contributed by atoms with Crippen LogP contribution >= 0.6 is 0 Å². The van der Waals surface area contributed by atoms with Crippen molar-refractivity contribution >= 4 is 0 Å². The van der Waals surface area contributed by atoms with E-state index in [1.807, 2.05) is 0 Å². The Hall–Kier alpha value is -1.19. The zero-order valence-electron chi connectivity index (χ0n) is 6.63. The Morgan fingerprint density at radius 2 is 2.00 bits per heavy atom. The highest BCUT2D eigenvalue weighted by Gasteiger charge is 2.03. The molecule has 2 nitrogen and oxygen atoms in total. The van der Waals surface area contributed by atoms with Crippen molar-refractivity contribution in [2.45, 2.75) is 6.04 Å². The zero-order chi connectivity index (χ0) is 8.97. The number of nitrogens with two attached hydrogens (primary N) is 1. The molecule has 0 aliphatic carbocycles. The van der Waals surface area contributed by atoms with Crippen LogP contribution in [0.2, 0.25) is 0 Å². The summed E-state index contributed by atoms with van der Waals surface area (Å²) >= 11 is 0. The van der Waals surface area contributed by atoms with Gasteiger partial charge in [-0.15, -0.1) is 6.58 Å². The van der Waals surface area contributed by atoms with Crippen molar-refractivity contribution in [1.82, 2.24) is 5.43 Å². The molecule has 64 valence electrons. The van der Waals surface area contributed by atoms with Gasteiger partial charge in [-0.1, -0.05) is 18.2 Å². The van der Waals surface area contributed by atoms with Crippen molar-refractivity contribution in [3.63, 3.8) is 0 Å². The van der Waals surface area contributed by atoms with Gasteiger partial charge in [0.15, 0.2) is 0 Å². The van der Waals surface area contributed by atoms with Gasteiger partial charge in [0.25, 0.3) is 0 Å². The predicted molar refractivity (Wildman–Crippen MR) is 46.7 cm³/mol. The molecule has 0 radical (unpaired) electrons. The van der Waals surface area contributed by atoms with E-state index in [0.717, 1.165) is 5.56 Å². The lowest BCUT2D eigenvalue weighted by Crippen LogP contribution is -2.26. The maximum Gasteiger partial charge on any atom is 0.123 e. The Labute approximate surface area is 70.9 Å². The van der Waals surface area contributed by atoms with Crippen molar-refractivity contribution < 1.29 is 4.39 Å². The molecule has 3 N–H and O–H groups in total. The second kappa shape index (κ2) is 3.99. The van der Waals surface area contributed by atoms with Crippen molar-refractivity contribution in [3.8, 4) is 0 Å². The van der Waals surface area contributed by atoms with E-state index >= 15 is 0 Å². The van der Waals surface area contributed by atoms with Crippen LogP contribution in [0.1, 0.15) is 11.6 Å². The molecule has 12 heavy (non-hydrogen) atoms. The Kier molecular flexibility index (Phi) is 2.96. The number of halogens is 1. The van der Waals surface area contributed by atoms with Gasteiger partial charge in [-0.05, 0) is 17.7 Å². The summed E-state index contributed by atoms with van der Waals surface area (Å²) in [5.74, 6) is 4.99. The van der Waals surface area contributed by atoms with Crippen molar-refractivity contribution in [3.05, 3.63) is 48.3 Å². The Morgan fingerprint density at radius 1 is 1.42 bits per heavy atom. The van der Waals surface area contributed by atoms with Gasteiger partial charge in [-0.25, -0.2) is 9.82 Å². The fourth-order valence-corrected chi connectivity index (χ4v) is 0.970. The second-order valence-corrected chi connectivity index (χ2v) is 2.43. The average molecular weight is 166 g/mol. The first-order valence-corrected chi connectivity index (χ1v) is 3.62. The average Bonchev–Trinajstić information content (AvgIpc) is 2.10. The van der Waals surface area contributed by atoms with Crippen LogP contribution in [-0.4, -0.2) is 0 Å². The minimum Gasteiger partial charge on any atom is -0.271 e. The summed E-state index contributed by atoms with van der Waals surface area (Å²) in [6.45, 7) is 3.59. The molecule has 1 atom stereocenters. The van der Waals surface area contributed by atoms with E-state index < -0.39 is 0 Å². The lowest BCUT2D eigenvalue weighted by molar-refractivity contribution is 0.620. The molecule has 0 saturated heterocycles. The normalized spacial score (nSPS) is 12.5. The van der Waals surface area contributed by atoms with E-state index in [1.165, 1.54) is 12.1 Å². The monoisotopic (exact) mass is 166 g/mol. The predicted octanol–water partition coefficient (Wildman–Crippen LogP) is 1.52. The first-order valence-electron chi connectivity index (χ1n) is 3.62. The highest BCUT2D eigenvalue weighted by Crippen LogP contribution is 2.12. The van der Waals surface area contributed by atoms with Crippen LogP contribution in [0.3, 0.4) is 0 Å². The van der Waals surface area contributed by atoms with Crippen LogP contribution in [0.15, 0.2) is 36.9 Å². The largest absolute Gasteiger partial charge is 0.271 e. The molecular weight excluding hydrogens is 155 g/mol. The third-order valence-electron chi connectivity index (χ3n) is 1.64. The molecule has 1 aromatic carbocycles. The Morgan fingerprint density at radius 3 is 2.42 bits per heavy atom. The summed E-state index contributed by atoms with van der Waals surface area (Å²) in [5, 5.41) is 0. The first-order chi connectivity index (χ1) is 5.77. The molecule has 0 spiro atoms. The number of rotatable bonds is 3. The van der Waals surface area contributed by atoms with Crippen molar-refractivity contribution in [2.24, 2.45) is 5.84 Å². The maximum atomic E-state index is 12.5. The lowest BCUT2D eigenvalue weighted by atomic mass is 10.1. The topological polar surface area (TPSA) is 38.0 Å². The summed E-state index contributed by atoms with van der Waals surface area (Å²) in [7, 11) is 0. The van der Waals surface area contributed by atoms with E-state index in [4.69, 9.17) is 5.84 Å². The highest BCUT2D eigenvalue weighted by molar-refractivity contribution is 5.22. The minimum atomic E-state index is -0.251. The number of benzene rings is 1. The van der Waals surface area contributed by atoms with Crippen LogP contribution in [0, 0.1) is 5.82 Å². The lowest BCUT2D eigenvalue weighted by Gasteiger charge is -2.10. The van der Waals surface area contributed by atoms with Crippen LogP contribution in [0.4, 0.5) is 4.39 Å². The molecule has 0 fully saturated rings. The maximum absolute atomic E-state index is 12.5. The van der Waals surface area contributed by atoms with Crippen molar-refractivity contribution in [1.29, 1.82) is 0 Å². The Balaban J connectivity index is 2.87. The second-order valence-electron chi connectivity index (χ2n) is 2.43. The number of hydrogen-bond donors (Lipinski definition) is 2. The summed E-state index contributed by atoms with van der Waals surface area (Å²) < 4.78 is 12.5. The zero-order valence-corrected chi connectivity index (χ0v) is 6.63. The van der Waals surface area contributed by atoms with E-state index in [1.54, 1.807) is 18.2 Å². The smallest absolute Gasteiger partial charge is 0.123 e. The summed E-state index contributed by atoms with van der Waals surface area (Å²) in [6, 6.07) is 6.00. The number of hydrogen-bond acceptors (Lipinski definition) is 2. The van der Waals surface area contributed by atoms with Gasteiger partial charge >= 0.3 is 0 Å². The molecule has 3 heteroatoms. The molecule has 0 bridgehead atoms. The highest BCUT2D eigenvalue weighted by atomic mass is 19.1. The van der Waals surface area contributed by atoms with Crippen LogP contribution < -0.4 is 11.3 Å². The molecule has 1 rings (SSSR count). The quantitative estimate of drug-likeness (QED) is 0.406. The van der Waals surface area contributed by atoms with Crippen LogP contribution in [0.5, 0.6) is 0 Å². The van der Waals surface area contributed by atoms with Crippen LogP contribution in [-0.2, 0) is 0 Å². The minimum absolute atomic E-state index is 0.120. The number of hydrazine groups is 1. The van der Waals surface area contributed by atoms with Crippen LogP contribution in [0.25, 0.3) is 0 Å². The van der Waals surface area contributed by atoms with E-state index in [0.29, 0.717) is 0 Å². The molecule has 0 aromatic heterocycles. The van der Waals surface area contributed by atoms with E-state index in [9.17, 15) is 4.39 Å². The third-order valence-corrected chi connectivity index (χ3v) is 1.64. The molecular formula is C9H11FN2. The molecule has 0 heterocycles. The Bertz CT molecular complexity index is 256. The first kappa shape index (κ1) is 8.90. The van der Waals surface area contributed by atoms with Gasteiger partial charge in [0.05, 0.1) is 6.04 Å². The summed E-state index contributed by atoms with van der Waals surface area (Å²) in [5.41, 5.74) is 3.44. The third kappa shape index (κ3) is 1.90. The van der Waals surface area contributed by atoms with Crippen molar-refractivity contribution in [2.75, 3.05) is 0 Å². The molecule has 0 saturated carbocycles. The van der Waals surface area contributed by atoms with Gasteiger partial charge < -0.3 is 0 Å². The van der Waals surface area contributed by atoms with Gasteiger partial charge in [-0.3, -0.25) is 5.84 Å². The van der Waals surface area contributed by atoms with Gasteiger partial charge in [0, 0.05) is 0 Å².